The van der Waals surface area contributed by atoms with Crippen molar-refractivity contribution in [3.8, 4) is 0 Å². The molecule has 1 fully saturated rings. The maximum atomic E-state index is 4.82. The van der Waals surface area contributed by atoms with Crippen molar-refractivity contribution in [1.29, 1.82) is 0 Å². The minimum atomic E-state index is 0.678. The van der Waals surface area contributed by atoms with Gasteiger partial charge in [-0.15, -0.1) is 0 Å². The first-order valence-corrected chi connectivity index (χ1v) is 8.27. The Morgan fingerprint density at radius 2 is 2.05 bits per heavy atom. The van der Waals surface area contributed by atoms with Crippen LogP contribution in [0.2, 0.25) is 0 Å². The largest absolute Gasteiger partial charge is 0.359 e. The van der Waals surface area contributed by atoms with Gasteiger partial charge in [-0.1, -0.05) is 20.8 Å². The molecule has 0 bridgehead atoms. The van der Waals surface area contributed by atoms with Gasteiger partial charge in [-0.3, -0.25) is 0 Å². The summed E-state index contributed by atoms with van der Waals surface area (Å²) in [4.78, 5) is 7.19. The summed E-state index contributed by atoms with van der Waals surface area (Å²) in [6.07, 6.45) is 1.37. The van der Waals surface area contributed by atoms with Crippen LogP contribution in [0.5, 0.6) is 0 Å². The van der Waals surface area contributed by atoms with E-state index in [2.05, 4.69) is 57.9 Å². The zero-order valence-corrected chi connectivity index (χ0v) is 14.5. The monoisotopic (exact) mass is 289 g/mol. The second kappa shape index (κ2) is 6.78. The van der Waals surface area contributed by atoms with E-state index >= 15 is 0 Å². The van der Waals surface area contributed by atoms with Crippen LogP contribution in [0, 0.1) is 31.6 Å². The Balaban J connectivity index is 2.12. The minimum absolute atomic E-state index is 0.678. The average Bonchev–Trinajstić information content (AvgIpc) is 3.06. The highest BCUT2D eigenvalue weighted by molar-refractivity contribution is 5.51. The molecule has 1 aromatic heterocycles. The molecule has 1 aromatic rings. The molecule has 3 nitrogen and oxygen atoms in total. The first kappa shape index (κ1) is 16.3. The first-order valence-electron chi connectivity index (χ1n) is 8.27. The molecular formula is C18H31N3. The minimum Gasteiger partial charge on any atom is -0.359 e. The van der Waals surface area contributed by atoms with Gasteiger partial charge in [0.15, 0.2) is 0 Å². The number of pyridine rings is 1. The number of aromatic nitrogens is 1. The smallest absolute Gasteiger partial charge is 0.133 e. The Labute approximate surface area is 130 Å². The number of anilines is 1. The third-order valence-electron chi connectivity index (χ3n) is 4.45. The van der Waals surface area contributed by atoms with E-state index in [-0.39, 0.29) is 0 Å². The van der Waals surface area contributed by atoms with Gasteiger partial charge in [0, 0.05) is 31.4 Å². The number of hydrogen-bond donors (Lipinski definition) is 1. The lowest BCUT2D eigenvalue weighted by atomic mass is 10.1. The van der Waals surface area contributed by atoms with Crippen LogP contribution in [0.1, 0.15) is 44.0 Å². The molecule has 2 unspecified atom stereocenters. The number of nitrogens with zero attached hydrogens (tertiary/aromatic N) is 2. The van der Waals surface area contributed by atoms with Crippen molar-refractivity contribution in [3.05, 3.63) is 22.9 Å². The maximum Gasteiger partial charge on any atom is 0.133 e. The van der Waals surface area contributed by atoms with E-state index in [0.717, 1.165) is 37.2 Å². The van der Waals surface area contributed by atoms with Gasteiger partial charge in [0.1, 0.15) is 5.82 Å². The van der Waals surface area contributed by atoms with E-state index in [0.29, 0.717) is 5.92 Å². The van der Waals surface area contributed by atoms with Crippen molar-refractivity contribution in [3.63, 3.8) is 0 Å². The third-order valence-corrected chi connectivity index (χ3v) is 4.45. The van der Waals surface area contributed by atoms with Gasteiger partial charge in [0.2, 0.25) is 0 Å². The molecule has 1 aliphatic rings. The van der Waals surface area contributed by atoms with Gasteiger partial charge in [-0.2, -0.15) is 0 Å². The van der Waals surface area contributed by atoms with E-state index in [9.17, 15) is 0 Å². The fourth-order valence-electron chi connectivity index (χ4n) is 2.96. The molecule has 1 N–H and O–H groups in total. The van der Waals surface area contributed by atoms with Crippen LogP contribution in [0.3, 0.4) is 0 Å². The van der Waals surface area contributed by atoms with Crippen LogP contribution in [-0.2, 0) is 6.54 Å². The van der Waals surface area contributed by atoms with Gasteiger partial charge < -0.3 is 10.2 Å². The normalized spacial score (nSPS) is 20.9. The zero-order chi connectivity index (χ0) is 15.6. The Kier molecular flexibility index (Phi) is 5.26. The molecule has 0 aromatic carbocycles. The molecule has 0 spiro atoms. The fraction of sp³-hybridized carbons (Fsp3) is 0.722. The molecular weight excluding hydrogens is 258 g/mol. The molecule has 0 aliphatic heterocycles. The Morgan fingerprint density at radius 3 is 2.62 bits per heavy atom. The highest BCUT2D eigenvalue weighted by Crippen LogP contribution is 2.39. The van der Waals surface area contributed by atoms with Gasteiger partial charge in [0.25, 0.3) is 0 Å². The van der Waals surface area contributed by atoms with E-state index in [1.54, 1.807) is 0 Å². The fourth-order valence-corrected chi connectivity index (χ4v) is 2.96. The highest BCUT2D eigenvalue weighted by atomic mass is 15.2. The highest BCUT2D eigenvalue weighted by Gasteiger charge is 2.33. The zero-order valence-electron chi connectivity index (χ0n) is 14.5. The van der Waals surface area contributed by atoms with Crippen molar-refractivity contribution < 1.29 is 0 Å². The van der Waals surface area contributed by atoms with Crippen LogP contribution < -0.4 is 10.2 Å². The van der Waals surface area contributed by atoms with Crippen molar-refractivity contribution in [2.75, 3.05) is 25.0 Å². The quantitative estimate of drug-likeness (QED) is 0.832. The van der Waals surface area contributed by atoms with Gasteiger partial charge in [0.05, 0.1) is 0 Å². The molecule has 0 radical (unpaired) electrons. The summed E-state index contributed by atoms with van der Waals surface area (Å²) in [6, 6.07) is 2.20. The third kappa shape index (κ3) is 4.44. The van der Waals surface area contributed by atoms with E-state index < -0.39 is 0 Å². The summed E-state index contributed by atoms with van der Waals surface area (Å²) in [6.45, 7) is 14.2. The van der Waals surface area contributed by atoms with E-state index in [1.807, 2.05) is 0 Å². The SMILES string of the molecule is Cc1cc(C)c(CNCC(C)C)c(N(C)CC2CC2C)n1. The molecule has 2 atom stereocenters. The van der Waals surface area contributed by atoms with E-state index in [1.165, 1.54) is 23.4 Å². The Morgan fingerprint density at radius 1 is 1.38 bits per heavy atom. The van der Waals surface area contributed by atoms with Crippen LogP contribution in [0.25, 0.3) is 0 Å². The van der Waals surface area contributed by atoms with Crippen LogP contribution in [0.15, 0.2) is 6.07 Å². The second-order valence-corrected chi connectivity index (χ2v) is 7.26. The predicted molar refractivity (Wildman–Crippen MR) is 90.8 cm³/mol. The van der Waals surface area contributed by atoms with Gasteiger partial charge >= 0.3 is 0 Å². The summed E-state index contributed by atoms with van der Waals surface area (Å²) in [5.74, 6) is 3.59. The van der Waals surface area contributed by atoms with E-state index in [4.69, 9.17) is 4.98 Å². The molecule has 0 amide bonds. The predicted octanol–water partition coefficient (Wildman–Crippen LogP) is 3.54. The van der Waals surface area contributed by atoms with Gasteiger partial charge in [-0.05, 0) is 56.2 Å². The summed E-state index contributed by atoms with van der Waals surface area (Å²) < 4.78 is 0. The van der Waals surface area contributed by atoms with Crippen LogP contribution in [0.4, 0.5) is 5.82 Å². The topological polar surface area (TPSA) is 28.2 Å². The molecule has 118 valence electrons. The summed E-state index contributed by atoms with van der Waals surface area (Å²) >= 11 is 0. The molecule has 2 rings (SSSR count). The maximum absolute atomic E-state index is 4.82. The number of rotatable bonds is 7. The van der Waals surface area contributed by atoms with Crippen molar-refractivity contribution in [1.82, 2.24) is 10.3 Å². The van der Waals surface area contributed by atoms with Crippen LogP contribution >= 0.6 is 0 Å². The summed E-state index contributed by atoms with van der Waals surface area (Å²) in [5.41, 5.74) is 3.83. The standard InChI is InChI=1S/C18H31N3/c1-12(2)9-19-10-17-14(4)7-15(5)20-18(17)21(6)11-16-8-13(16)3/h7,12-13,16,19H,8-11H2,1-6H3. The van der Waals surface area contributed by atoms with Crippen LogP contribution in [-0.4, -0.2) is 25.1 Å². The van der Waals surface area contributed by atoms with Crippen molar-refractivity contribution in [2.45, 2.75) is 47.6 Å². The average molecular weight is 289 g/mol. The first-order chi connectivity index (χ1) is 9.88. The summed E-state index contributed by atoms with van der Waals surface area (Å²) in [5, 5.41) is 3.57. The van der Waals surface area contributed by atoms with Crippen molar-refractivity contribution >= 4 is 5.82 Å². The Hall–Kier alpha value is -1.09. The molecule has 1 heterocycles. The lowest BCUT2D eigenvalue weighted by molar-refractivity contribution is 0.550. The molecule has 1 aliphatic carbocycles. The van der Waals surface area contributed by atoms with Crippen molar-refractivity contribution in [2.24, 2.45) is 17.8 Å². The molecule has 21 heavy (non-hydrogen) atoms. The van der Waals surface area contributed by atoms with Gasteiger partial charge in [-0.25, -0.2) is 4.98 Å². The molecule has 3 heteroatoms. The molecule has 1 saturated carbocycles. The number of nitrogens with one attached hydrogen (secondary N) is 1. The Bertz CT molecular complexity index is 482. The lowest BCUT2D eigenvalue weighted by Crippen LogP contribution is -2.26. The molecule has 0 saturated heterocycles. The lowest BCUT2D eigenvalue weighted by Gasteiger charge is -2.24. The number of aryl methyl sites for hydroxylation is 2. The summed E-state index contributed by atoms with van der Waals surface area (Å²) in [7, 11) is 2.19. The second-order valence-electron chi connectivity index (χ2n) is 7.26. The number of hydrogen-bond acceptors (Lipinski definition) is 3.